The van der Waals surface area contributed by atoms with Crippen molar-refractivity contribution in [1.29, 1.82) is 0 Å². The molecule has 3 heterocycles. The van der Waals surface area contributed by atoms with E-state index in [1.165, 1.54) is 41.7 Å². The van der Waals surface area contributed by atoms with Crippen molar-refractivity contribution in [2.24, 2.45) is 5.92 Å². The molecule has 32 heavy (non-hydrogen) atoms. The maximum atomic E-state index is 11.5. The molecule has 1 aliphatic rings. The Kier molecular flexibility index (Phi) is 7.50. The molecule has 7 heteroatoms. The van der Waals surface area contributed by atoms with Crippen LogP contribution in [0.25, 0.3) is 10.9 Å². The van der Waals surface area contributed by atoms with Crippen molar-refractivity contribution in [2.75, 3.05) is 31.1 Å². The molecule has 0 saturated carbocycles. The van der Waals surface area contributed by atoms with E-state index in [4.69, 9.17) is 5.11 Å². The molecular weight excluding hydrogens is 402 g/mol. The van der Waals surface area contributed by atoms with Crippen molar-refractivity contribution >= 4 is 22.6 Å². The Morgan fingerprint density at radius 1 is 1.19 bits per heavy atom. The predicted molar refractivity (Wildman–Crippen MR) is 127 cm³/mol. The van der Waals surface area contributed by atoms with Crippen molar-refractivity contribution in [2.45, 2.75) is 45.7 Å². The number of unbranched alkanes of at least 4 members (excludes halogenated alkanes) is 1. The van der Waals surface area contributed by atoms with Gasteiger partial charge in [-0.1, -0.05) is 31.5 Å². The summed E-state index contributed by atoms with van der Waals surface area (Å²) < 4.78 is 2.40. The van der Waals surface area contributed by atoms with Gasteiger partial charge in [0.05, 0.1) is 5.56 Å². The summed E-state index contributed by atoms with van der Waals surface area (Å²) in [6.07, 6.45) is 9.91. The Hall–Kier alpha value is -2.77. The average molecular weight is 436 g/mol. The van der Waals surface area contributed by atoms with Crippen molar-refractivity contribution in [3.8, 4) is 0 Å². The van der Waals surface area contributed by atoms with E-state index in [2.05, 4.69) is 62.1 Å². The Bertz CT molecular complexity index is 1020. The van der Waals surface area contributed by atoms with Gasteiger partial charge in [-0.3, -0.25) is 4.79 Å². The van der Waals surface area contributed by atoms with Gasteiger partial charge in [0, 0.05) is 55.7 Å². The molecule has 0 spiro atoms. The number of aromatic nitrogens is 3. The zero-order chi connectivity index (χ0) is 22.3. The number of hydrogen-bond donors (Lipinski definition) is 2. The van der Waals surface area contributed by atoms with E-state index in [1.807, 2.05) is 0 Å². The highest BCUT2D eigenvalue weighted by molar-refractivity contribution is 5.96. The maximum Gasteiger partial charge on any atom is 0.225 e. The summed E-state index contributed by atoms with van der Waals surface area (Å²) >= 11 is 0. The number of rotatable bonds is 10. The predicted octanol–water partition coefficient (Wildman–Crippen LogP) is 3.41. The number of hydrogen-bond acceptors (Lipinski definition) is 6. The Labute approximate surface area is 189 Å². The number of ketones is 1. The van der Waals surface area contributed by atoms with Gasteiger partial charge in [0.2, 0.25) is 5.95 Å². The zero-order valence-corrected chi connectivity index (χ0v) is 18.8. The topological polar surface area (TPSA) is 83.3 Å². The van der Waals surface area contributed by atoms with Crippen LogP contribution in [0.2, 0.25) is 0 Å². The third kappa shape index (κ3) is 5.16. The second kappa shape index (κ2) is 10.7. The molecule has 1 aliphatic heterocycles. The quantitative estimate of drug-likeness (QED) is 0.475. The first-order chi connectivity index (χ1) is 15.7. The fraction of sp³-hybridized carbons (Fsp3) is 0.480. The van der Waals surface area contributed by atoms with Gasteiger partial charge in [0.1, 0.15) is 6.61 Å². The molecule has 0 radical (unpaired) electrons. The summed E-state index contributed by atoms with van der Waals surface area (Å²) in [5.41, 5.74) is 3.06. The van der Waals surface area contributed by atoms with E-state index in [0.717, 1.165) is 45.6 Å². The molecular formula is C25H33N5O2. The third-order valence-corrected chi connectivity index (χ3v) is 6.37. The van der Waals surface area contributed by atoms with E-state index in [0.29, 0.717) is 17.4 Å². The lowest BCUT2D eigenvalue weighted by atomic mass is 9.97. The van der Waals surface area contributed by atoms with Crippen molar-refractivity contribution in [3.63, 3.8) is 0 Å². The summed E-state index contributed by atoms with van der Waals surface area (Å²) in [4.78, 5) is 22.3. The number of nitrogens with one attached hydrogen (secondary N) is 1. The molecule has 1 aromatic carbocycles. The van der Waals surface area contributed by atoms with E-state index in [9.17, 15) is 4.79 Å². The number of piperidine rings is 1. The first-order valence-electron chi connectivity index (χ1n) is 11.7. The van der Waals surface area contributed by atoms with Crippen LogP contribution in [0.15, 0.2) is 42.9 Å². The molecule has 170 valence electrons. The lowest BCUT2D eigenvalue weighted by molar-refractivity contribution is 0.0903. The van der Waals surface area contributed by atoms with Gasteiger partial charge in [0.15, 0.2) is 5.78 Å². The summed E-state index contributed by atoms with van der Waals surface area (Å²) in [5, 5.41) is 14.0. The summed E-state index contributed by atoms with van der Waals surface area (Å²) in [6, 6.07) is 8.70. The smallest absolute Gasteiger partial charge is 0.225 e. The fourth-order valence-electron chi connectivity index (χ4n) is 4.45. The lowest BCUT2D eigenvalue weighted by Crippen LogP contribution is -2.38. The molecule has 7 nitrogen and oxygen atoms in total. The number of benzene rings is 1. The molecule has 3 aromatic rings. The van der Waals surface area contributed by atoms with Gasteiger partial charge in [0.25, 0.3) is 0 Å². The largest absolute Gasteiger partial charge is 0.388 e. The Morgan fingerprint density at radius 3 is 2.66 bits per heavy atom. The fourth-order valence-corrected chi connectivity index (χ4v) is 4.45. The minimum atomic E-state index is -0.514. The van der Waals surface area contributed by atoms with Gasteiger partial charge >= 0.3 is 0 Å². The normalized spacial score (nSPS) is 14.9. The van der Waals surface area contributed by atoms with Crippen molar-refractivity contribution < 1.29 is 9.90 Å². The van der Waals surface area contributed by atoms with Crippen LogP contribution < -0.4 is 10.2 Å². The summed E-state index contributed by atoms with van der Waals surface area (Å²) in [6.45, 7) is 6.52. The van der Waals surface area contributed by atoms with E-state index < -0.39 is 6.61 Å². The van der Waals surface area contributed by atoms with Gasteiger partial charge in [-0.15, -0.1) is 0 Å². The first kappa shape index (κ1) is 22.4. The van der Waals surface area contributed by atoms with E-state index in [1.54, 1.807) is 0 Å². The molecule has 2 N–H and O–H groups in total. The van der Waals surface area contributed by atoms with Gasteiger partial charge in [-0.05, 0) is 43.4 Å². The number of para-hydroxylation sites is 1. The standard InChI is InChI=1S/C25H33N5O2/c1-2-3-10-30-17-21(22-6-4-5-7-23(22)30)14-26-13-19-8-11-29(12-9-19)25-27-15-20(16-28-25)24(32)18-31/h4-7,15-17,19,26,31H,2-3,8-14,18H2,1H3. The number of carbonyl (C=O) groups is 1. The number of aryl methyl sites for hydroxylation is 1. The van der Waals surface area contributed by atoms with Crippen molar-refractivity contribution in [1.82, 2.24) is 19.9 Å². The van der Waals surface area contributed by atoms with Crippen LogP contribution in [-0.2, 0) is 13.1 Å². The SMILES string of the molecule is CCCCn1cc(CNCC2CCN(c3ncc(C(=O)CO)cn3)CC2)c2ccccc21. The number of aliphatic hydroxyl groups excluding tert-OH is 1. The highest BCUT2D eigenvalue weighted by Crippen LogP contribution is 2.23. The number of aliphatic hydroxyl groups is 1. The minimum Gasteiger partial charge on any atom is -0.388 e. The first-order valence-corrected chi connectivity index (χ1v) is 11.7. The molecule has 0 unspecified atom stereocenters. The minimum absolute atomic E-state index is 0.352. The van der Waals surface area contributed by atoms with Crippen LogP contribution in [0.1, 0.15) is 48.5 Å². The molecule has 4 rings (SSSR count). The number of Topliss-reactive ketones (excluding diaryl/α,β-unsaturated/α-hetero) is 1. The monoisotopic (exact) mass is 435 g/mol. The molecule has 1 fully saturated rings. The number of fused-ring (bicyclic) bond motifs is 1. The number of anilines is 1. The Balaban J connectivity index is 1.27. The van der Waals surface area contributed by atoms with Gasteiger partial charge in [-0.2, -0.15) is 0 Å². The second-order valence-electron chi connectivity index (χ2n) is 8.63. The highest BCUT2D eigenvalue weighted by Gasteiger charge is 2.21. The molecule has 0 bridgehead atoms. The lowest BCUT2D eigenvalue weighted by Gasteiger charge is -2.32. The molecule has 0 amide bonds. The second-order valence-corrected chi connectivity index (χ2v) is 8.63. The van der Waals surface area contributed by atoms with Crippen LogP contribution >= 0.6 is 0 Å². The summed E-state index contributed by atoms with van der Waals surface area (Å²) in [5.74, 6) is 0.940. The number of nitrogens with zero attached hydrogens (tertiary/aromatic N) is 4. The molecule has 2 aromatic heterocycles. The third-order valence-electron chi connectivity index (χ3n) is 6.37. The molecule has 0 atom stereocenters. The highest BCUT2D eigenvalue weighted by atomic mass is 16.3. The van der Waals surface area contributed by atoms with E-state index >= 15 is 0 Å². The van der Waals surface area contributed by atoms with Crippen LogP contribution in [0.5, 0.6) is 0 Å². The van der Waals surface area contributed by atoms with Crippen LogP contribution in [-0.4, -0.2) is 51.7 Å². The van der Waals surface area contributed by atoms with Gasteiger partial charge in [-0.25, -0.2) is 9.97 Å². The summed E-state index contributed by atoms with van der Waals surface area (Å²) in [7, 11) is 0. The molecule has 1 saturated heterocycles. The molecule has 0 aliphatic carbocycles. The van der Waals surface area contributed by atoms with Crippen LogP contribution in [0.3, 0.4) is 0 Å². The number of carbonyl (C=O) groups excluding carboxylic acids is 1. The van der Waals surface area contributed by atoms with Gasteiger partial charge < -0.3 is 19.9 Å². The average Bonchev–Trinajstić information content (AvgIpc) is 3.20. The van der Waals surface area contributed by atoms with Crippen molar-refractivity contribution in [3.05, 3.63) is 54.0 Å². The van der Waals surface area contributed by atoms with E-state index in [-0.39, 0.29) is 5.78 Å². The zero-order valence-electron chi connectivity index (χ0n) is 18.8. The van der Waals surface area contributed by atoms with Crippen LogP contribution in [0.4, 0.5) is 5.95 Å². The maximum absolute atomic E-state index is 11.5. The van der Waals surface area contributed by atoms with Crippen LogP contribution in [0, 0.1) is 5.92 Å². The Morgan fingerprint density at radius 2 is 1.94 bits per heavy atom.